The Balaban J connectivity index is 1.51. The van der Waals surface area contributed by atoms with Gasteiger partial charge in [0, 0.05) is 73.9 Å². The lowest BCUT2D eigenvalue weighted by molar-refractivity contribution is -0.00546. The van der Waals surface area contributed by atoms with Crippen molar-refractivity contribution >= 4 is 23.1 Å². The van der Waals surface area contributed by atoms with Gasteiger partial charge in [-0.3, -0.25) is 9.59 Å². The molecule has 2 aliphatic rings. The third kappa shape index (κ3) is 6.29. The standard InChI is InChI=1S/C30H35F3N6O3/c1-17-14-38(8-7-37(17)4)26-11-24(31)21(20-5-6-27(34-12-20)39-15-18(2)42-19(3)16-39)9-25(26)36-30(41)23-13-35-28(40)10-22(23)29(32)33/h5-6,9-13,17-19,29H,7-8,14-16H2,1-4H3,(H,35,40)(H,36,41)/t17-,18-,19+/m0/s1. The van der Waals surface area contributed by atoms with Crippen LogP contribution in [0, 0.1) is 5.82 Å². The summed E-state index contributed by atoms with van der Waals surface area (Å²) in [5.74, 6) is -0.600. The first kappa shape index (κ1) is 29.6. The Morgan fingerprint density at radius 2 is 1.81 bits per heavy atom. The SMILES string of the molecule is C[C@@H]1CN(c2ccc(-c3cc(NC(=O)c4c[nH]c(=O)cc4C(F)F)c(N4CCN(C)[C@@H](C)C4)cc3F)cn2)C[C@H](C)O1. The van der Waals surface area contributed by atoms with Crippen LogP contribution in [0.3, 0.4) is 0 Å². The number of ether oxygens (including phenoxy) is 1. The topological polar surface area (TPSA) is 93.8 Å². The van der Waals surface area contributed by atoms with Crippen LogP contribution in [0.5, 0.6) is 0 Å². The number of H-pyrrole nitrogens is 1. The second kappa shape index (κ2) is 12.1. The molecule has 0 unspecified atom stereocenters. The number of likely N-dealkylation sites (N-methyl/N-ethyl adjacent to an activating group) is 1. The summed E-state index contributed by atoms with van der Waals surface area (Å²) in [7, 11) is 2.01. The molecule has 3 aromatic rings. The first-order valence-electron chi connectivity index (χ1n) is 14.0. The molecule has 2 fully saturated rings. The minimum absolute atomic E-state index is 0.0525. The number of pyridine rings is 2. The predicted molar refractivity (Wildman–Crippen MR) is 156 cm³/mol. The molecule has 224 valence electrons. The summed E-state index contributed by atoms with van der Waals surface area (Å²) in [5.41, 5.74) is -0.387. The number of hydrogen-bond donors (Lipinski definition) is 2. The second-order valence-corrected chi connectivity index (χ2v) is 11.1. The number of anilines is 3. The summed E-state index contributed by atoms with van der Waals surface area (Å²) in [6.07, 6.45) is -0.374. The zero-order valence-corrected chi connectivity index (χ0v) is 24.0. The van der Waals surface area contributed by atoms with E-state index in [1.54, 1.807) is 12.3 Å². The summed E-state index contributed by atoms with van der Waals surface area (Å²) in [4.78, 5) is 38.1. The molecule has 0 aliphatic carbocycles. The maximum atomic E-state index is 15.7. The minimum Gasteiger partial charge on any atom is -0.372 e. The summed E-state index contributed by atoms with van der Waals surface area (Å²) >= 11 is 0. The number of carbonyl (C=O) groups excluding carboxylic acids is 1. The molecule has 4 heterocycles. The van der Waals surface area contributed by atoms with Crippen molar-refractivity contribution in [3.8, 4) is 11.1 Å². The van der Waals surface area contributed by atoms with E-state index >= 15 is 4.39 Å². The van der Waals surface area contributed by atoms with E-state index in [0.717, 1.165) is 18.6 Å². The van der Waals surface area contributed by atoms with Gasteiger partial charge in [-0.15, -0.1) is 0 Å². The number of alkyl halides is 2. The zero-order chi connectivity index (χ0) is 30.1. The van der Waals surface area contributed by atoms with Crippen LogP contribution in [0.2, 0.25) is 0 Å². The molecule has 0 saturated carbocycles. The smallest absolute Gasteiger partial charge is 0.264 e. The van der Waals surface area contributed by atoms with Crippen molar-refractivity contribution in [1.82, 2.24) is 14.9 Å². The third-order valence-corrected chi connectivity index (χ3v) is 7.87. The van der Waals surface area contributed by atoms with Gasteiger partial charge in [-0.2, -0.15) is 0 Å². The first-order valence-corrected chi connectivity index (χ1v) is 14.0. The summed E-state index contributed by atoms with van der Waals surface area (Å²) in [5, 5.41) is 2.72. The fourth-order valence-corrected chi connectivity index (χ4v) is 5.56. The van der Waals surface area contributed by atoms with Gasteiger partial charge in [0.05, 0.1) is 29.1 Å². The van der Waals surface area contributed by atoms with Gasteiger partial charge in [0.25, 0.3) is 12.3 Å². The molecule has 2 aromatic heterocycles. The third-order valence-electron chi connectivity index (χ3n) is 7.87. The van der Waals surface area contributed by atoms with Crippen LogP contribution >= 0.6 is 0 Å². The number of rotatable bonds is 6. The number of amides is 1. The largest absolute Gasteiger partial charge is 0.372 e. The highest BCUT2D eigenvalue weighted by atomic mass is 19.3. The number of piperazine rings is 1. The van der Waals surface area contributed by atoms with Crippen LogP contribution in [0.1, 0.15) is 43.1 Å². The van der Waals surface area contributed by atoms with Crippen LogP contribution in [-0.2, 0) is 4.74 Å². The number of benzene rings is 1. The monoisotopic (exact) mass is 584 g/mol. The lowest BCUT2D eigenvalue weighted by Gasteiger charge is -2.39. The van der Waals surface area contributed by atoms with Gasteiger partial charge in [0.1, 0.15) is 11.6 Å². The number of aromatic amines is 1. The number of nitrogens with zero attached hydrogens (tertiary/aromatic N) is 4. The van der Waals surface area contributed by atoms with Gasteiger partial charge in [-0.05, 0) is 52.1 Å². The molecule has 0 bridgehead atoms. The molecule has 1 amide bonds. The van der Waals surface area contributed by atoms with Gasteiger partial charge < -0.3 is 29.7 Å². The normalized spacial score (nSPS) is 21.6. The Labute approximate surface area is 242 Å². The molecule has 2 aliphatic heterocycles. The molecule has 42 heavy (non-hydrogen) atoms. The van der Waals surface area contributed by atoms with E-state index in [1.807, 2.05) is 38.8 Å². The van der Waals surface area contributed by atoms with Crippen molar-refractivity contribution < 1.29 is 22.7 Å². The molecule has 3 atom stereocenters. The van der Waals surface area contributed by atoms with E-state index in [0.29, 0.717) is 43.5 Å². The number of hydrogen-bond acceptors (Lipinski definition) is 7. The van der Waals surface area contributed by atoms with Crippen LogP contribution in [-0.4, -0.2) is 78.8 Å². The van der Waals surface area contributed by atoms with Gasteiger partial charge in [-0.25, -0.2) is 18.2 Å². The highest BCUT2D eigenvalue weighted by molar-refractivity contribution is 6.07. The van der Waals surface area contributed by atoms with E-state index in [1.165, 1.54) is 12.1 Å². The molecule has 5 rings (SSSR count). The molecule has 2 N–H and O–H groups in total. The van der Waals surface area contributed by atoms with E-state index < -0.39 is 29.3 Å². The Morgan fingerprint density at radius 1 is 1.07 bits per heavy atom. The van der Waals surface area contributed by atoms with Gasteiger partial charge in [0.2, 0.25) is 5.56 Å². The molecular formula is C30H35F3N6O3. The number of halogens is 3. The summed E-state index contributed by atoms with van der Waals surface area (Å²) < 4.78 is 48.9. The molecule has 2 saturated heterocycles. The van der Waals surface area contributed by atoms with Crippen LogP contribution < -0.4 is 20.7 Å². The molecular weight excluding hydrogens is 549 g/mol. The van der Waals surface area contributed by atoms with E-state index in [4.69, 9.17) is 4.74 Å². The molecule has 1 aromatic carbocycles. The number of nitrogens with one attached hydrogen (secondary N) is 2. The maximum Gasteiger partial charge on any atom is 0.264 e. The fourth-order valence-electron chi connectivity index (χ4n) is 5.56. The van der Waals surface area contributed by atoms with Crippen molar-refractivity contribution in [1.29, 1.82) is 0 Å². The molecule has 0 radical (unpaired) electrons. The summed E-state index contributed by atoms with van der Waals surface area (Å²) in [6.45, 7) is 9.30. The second-order valence-electron chi connectivity index (χ2n) is 11.1. The van der Waals surface area contributed by atoms with Crippen LogP contribution in [0.25, 0.3) is 11.1 Å². The number of carbonyl (C=O) groups is 1. The van der Waals surface area contributed by atoms with E-state index in [9.17, 15) is 18.4 Å². The van der Waals surface area contributed by atoms with E-state index in [-0.39, 0.29) is 35.1 Å². The predicted octanol–water partition coefficient (Wildman–Crippen LogP) is 4.52. The maximum absolute atomic E-state index is 15.7. The molecule has 12 heteroatoms. The molecule has 0 spiro atoms. The average Bonchev–Trinajstić information content (AvgIpc) is 2.94. The molecule has 9 nitrogen and oxygen atoms in total. The Hall–Kier alpha value is -3.90. The van der Waals surface area contributed by atoms with Gasteiger partial charge in [-0.1, -0.05) is 0 Å². The lowest BCUT2D eigenvalue weighted by atomic mass is 10.0. The number of morpholine rings is 1. The quantitative estimate of drug-likeness (QED) is 0.440. The van der Waals surface area contributed by atoms with Gasteiger partial charge in [0.15, 0.2) is 0 Å². The van der Waals surface area contributed by atoms with Gasteiger partial charge >= 0.3 is 0 Å². The van der Waals surface area contributed by atoms with Crippen molar-refractivity contribution in [2.45, 2.75) is 45.4 Å². The first-order chi connectivity index (χ1) is 20.0. The highest BCUT2D eigenvalue weighted by Gasteiger charge is 2.27. The van der Waals surface area contributed by atoms with Crippen molar-refractivity contribution in [3.63, 3.8) is 0 Å². The van der Waals surface area contributed by atoms with Crippen molar-refractivity contribution in [2.24, 2.45) is 0 Å². The Kier molecular flexibility index (Phi) is 8.55. The van der Waals surface area contributed by atoms with E-state index in [2.05, 4.69) is 25.1 Å². The Bertz CT molecular complexity index is 1490. The van der Waals surface area contributed by atoms with Crippen LogP contribution in [0.15, 0.2) is 47.5 Å². The summed E-state index contributed by atoms with van der Waals surface area (Å²) in [6, 6.07) is 7.34. The fraction of sp³-hybridized carbons (Fsp3) is 0.433. The number of aromatic nitrogens is 2. The zero-order valence-electron chi connectivity index (χ0n) is 24.0. The lowest BCUT2D eigenvalue weighted by Crippen LogP contribution is -2.50. The highest BCUT2D eigenvalue weighted by Crippen LogP contribution is 2.36. The average molecular weight is 585 g/mol. The minimum atomic E-state index is -3.03. The Morgan fingerprint density at radius 3 is 2.45 bits per heavy atom. The van der Waals surface area contributed by atoms with Crippen molar-refractivity contribution in [3.05, 3.63) is 70.0 Å². The van der Waals surface area contributed by atoms with Crippen LogP contribution in [0.4, 0.5) is 30.4 Å². The van der Waals surface area contributed by atoms with Crippen molar-refractivity contribution in [2.75, 3.05) is 54.9 Å².